The number of rotatable bonds is 6. The molecule has 7 heteroatoms. The van der Waals surface area contributed by atoms with Crippen LogP contribution in [0.25, 0.3) is 0 Å². The molecular weight excluding hydrogens is 360 g/mol. The first-order valence-electron chi connectivity index (χ1n) is 7.44. The Balaban J connectivity index is 0.000000251. The first-order valence-corrected chi connectivity index (χ1v) is 10.6. The summed E-state index contributed by atoms with van der Waals surface area (Å²) in [4.78, 5) is 1.27. The van der Waals surface area contributed by atoms with E-state index in [1.165, 1.54) is 11.8 Å². The second-order valence-electron chi connectivity index (χ2n) is 5.14. The van der Waals surface area contributed by atoms with E-state index in [4.69, 9.17) is 5.11 Å². The lowest BCUT2D eigenvalue weighted by Gasteiger charge is -2.14. The van der Waals surface area contributed by atoms with Crippen LogP contribution in [0.3, 0.4) is 0 Å². The van der Waals surface area contributed by atoms with Crippen LogP contribution in [-0.4, -0.2) is 30.1 Å². The first-order chi connectivity index (χ1) is 11.7. The molecule has 25 heavy (non-hydrogen) atoms. The Morgan fingerprint density at radius 2 is 1.76 bits per heavy atom. The lowest BCUT2D eigenvalue weighted by molar-refractivity contribution is 0.196. The highest BCUT2D eigenvalue weighted by molar-refractivity contribution is 7.96. The fourth-order valence-corrected chi connectivity index (χ4v) is 3.52. The van der Waals surface area contributed by atoms with E-state index in [-0.39, 0.29) is 10.9 Å². The van der Waals surface area contributed by atoms with Crippen molar-refractivity contribution in [2.24, 2.45) is 0 Å². The smallest absolute Gasteiger partial charge is 0.218 e. The minimum Gasteiger partial charge on any atom is -0.726 e. The summed E-state index contributed by atoms with van der Waals surface area (Å²) in [5, 5.41) is 9.05. The van der Waals surface area contributed by atoms with E-state index >= 15 is 0 Å². The number of phenolic OH excluding ortho intramolecular Hbond substituents is 1. The Hall–Kier alpha value is -1.80. The largest absolute Gasteiger partial charge is 0.726 e. The van der Waals surface area contributed by atoms with E-state index < -0.39 is 16.5 Å². The van der Waals surface area contributed by atoms with Gasteiger partial charge in [-0.05, 0) is 42.8 Å². The van der Waals surface area contributed by atoms with Crippen molar-refractivity contribution in [3.8, 4) is 5.75 Å². The summed E-state index contributed by atoms with van der Waals surface area (Å²) < 4.78 is 35.0. The van der Waals surface area contributed by atoms with Crippen LogP contribution in [0, 0.1) is 0 Å². The van der Waals surface area contributed by atoms with Crippen molar-refractivity contribution in [1.82, 2.24) is 0 Å². The molecule has 2 aromatic rings. The molecule has 0 fully saturated rings. The molecule has 2 rings (SSSR count). The third-order valence-electron chi connectivity index (χ3n) is 3.14. The Kier molecular flexibility index (Phi) is 8.71. The summed E-state index contributed by atoms with van der Waals surface area (Å²) in [6, 6.07) is 16.0. The third-order valence-corrected chi connectivity index (χ3v) is 5.48. The van der Waals surface area contributed by atoms with Crippen molar-refractivity contribution in [2.75, 3.05) is 12.0 Å². The van der Waals surface area contributed by atoms with Gasteiger partial charge < -0.3 is 9.66 Å². The molecule has 2 aromatic carbocycles. The molecule has 0 spiro atoms. The molecule has 0 radical (unpaired) electrons. The molecule has 0 amide bonds. The van der Waals surface area contributed by atoms with Crippen molar-refractivity contribution in [3.63, 3.8) is 0 Å². The van der Waals surface area contributed by atoms with E-state index in [0.29, 0.717) is 11.3 Å². The van der Waals surface area contributed by atoms with E-state index in [0.717, 1.165) is 5.75 Å². The summed E-state index contributed by atoms with van der Waals surface area (Å²) >= 11 is 0. The highest BCUT2D eigenvalue weighted by atomic mass is 32.3. The van der Waals surface area contributed by atoms with Gasteiger partial charge in [0.2, 0.25) is 10.4 Å². The van der Waals surface area contributed by atoms with Crippen LogP contribution in [0.4, 0.5) is 0 Å². The van der Waals surface area contributed by atoms with Crippen LogP contribution >= 0.6 is 0 Å². The number of hydrogen-bond acceptors (Lipinski definition) is 5. The molecule has 0 bridgehead atoms. The maximum atomic E-state index is 10.2. The molecule has 0 aliphatic heterocycles. The summed E-state index contributed by atoms with van der Waals surface area (Å²) in [7, 11) is -4.39. The predicted molar refractivity (Wildman–Crippen MR) is 100 cm³/mol. The Bertz CT molecular complexity index is 743. The minimum atomic E-state index is -4.62. The molecule has 2 atom stereocenters. The summed E-state index contributed by atoms with van der Waals surface area (Å²) in [5.74, 6) is 1.33. The molecule has 0 aliphatic carbocycles. The van der Waals surface area contributed by atoms with Crippen molar-refractivity contribution in [2.45, 2.75) is 17.9 Å². The first kappa shape index (κ1) is 21.2. The third kappa shape index (κ3) is 8.74. The molecule has 0 saturated carbocycles. The van der Waals surface area contributed by atoms with Crippen molar-refractivity contribution >= 4 is 21.3 Å². The molecule has 0 aliphatic rings. The van der Waals surface area contributed by atoms with E-state index in [2.05, 4.69) is 17.0 Å². The highest BCUT2D eigenvalue weighted by Gasteiger charge is 2.11. The lowest BCUT2D eigenvalue weighted by atomic mass is 10.1. The van der Waals surface area contributed by atoms with Gasteiger partial charge in [-0.25, -0.2) is 8.42 Å². The average molecular weight is 383 g/mol. The second kappa shape index (κ2) is 10.2. The van der Waals surface area contributed by atoms with Crippen molar-refractivity contribution in [1.29, 1.82) is 0 Å². The van der Waals surface area contributed by atoms with Crippen LogP contribution in [-0.2, 0) is 25.5 Å². The topological polar surface area (TPSA) is 86.7 Å². The van der Waals surface area contributed by atoms with Gasteiger partial charge >= 0.3 is 0 Å². The summed E-state index contributed by atoms with van der Waals surface area (Å²) in [6.07, 6.45) is 3.37. The normalized spacial score (nSPS) is 13.2. The quantitative estimate of drug-likeness (QED) is 0.358. The zero-order chi connectivity index (χ0) is 18.9. The fourth-order valence-electron chi connectivity index (χ4n) is 1.91. The lowest BCUT2D eigenvalue weighted by Crippen LogP contribution is -2.08. The number of hydrogen-bond donors (Lipinski definition) is 1. The van der Waals surface area contributed by atoms with Gasteiger partial charge in [-0.3, -0.25) is 4.18 Å². The molecule has 0 heterocycles. The van der Waals surface area contributed by atoms with Gasteiger partial charge in [0.1, 0.15) is 17.8 Å². The van der Waals surface area contributed by atoms with Crippen LogP contribution < -0.4 is 0 Å². The molecule has 0 saturated heterocycles. The van der Waals surface area contributed by atoms with E-state index in [1.807, 2.05) is 18.2 Å². The van der Waals surface area contributed by atoms with Crippen LogP contribution in [0.15, 0.2) is 72.1 Å². The molecular formula is C18H22O5S2. The molecule has 0 aromatic heterocycles. The second-order valence-corrected chi connectivity index (χ2v) is 8.23. The maximum Gasteiger partial charge on any atom is 0.218 e. The van der Waals surface area contributed by atoms with Gasteiger partial charge in [0.25, 0.3) is 0 Å². The van der Waals surface area contributed by atoms with Crippen LogP contribution in [0.5, 0.6) is 5.75 Å². The standard InChI is InChI=1S/C10H12OS.C8H10O4S/c1-3-8-12(2)10-6-4-9(11)5-7-10;1-7(12-13(9,10)11)8-5-3-2-4-6-8/h3-7H,1,8H2,2H3;2-7H,1H3,(H,9,10,11). The summed E-state index contributed by atoms with van der Waals surface area (Å²) in [5.41, 5.74) is 0.655. The van der Waals surface area contributed by atoms with E-state index in [9.17, 15) is 13.0 Å². The number of phenols is 1. The van der Waals surface area contributed by atoms with E-state index in [1.54, 1.807) is 42.5 Å². The Labute approximate surface area is 152 Å². The number of aromatic hydroxyl groups is 1. The Morgan fingerprint density at radius 3 is 2.24 bits per heavy atom. The fraction of sp³-hybridized carbons (Fsp3) is 0.222. The van der Waals surface area contributed by atoms with Crippen LogP contribution in [0.1, 0.15) is 18.6 Å². The Morgan fingerprint density at radius 1 is 1.20 bits per heavy atom. The van der Waals surface area contributed by atoms with Crippen LogP contribution in [0.2, 0.25) is 0 Å². The zero-order valence-corrected chi connectivity index (χ0v) is 15.8. The maximum absolute atomic E-state index is 10.2. The highest BCUT2D eigenvalue weighted by Crippen LogP contribution is 2.17. The SMILES string of the molecule is C=CC[S+](C)c1ccc(O)cc1.CC(OS(=O)(=O)[O-])c1ccccc1. The van der Waals surface area contributed by atoms with Gasteiger partial charge in [-0.15, -0.1) is 0 Å². The average Bonchev–Trinajstić information content (AvgIpc) is 2.55. The summed E-state index contributed by atoms with van der Waals surface area (Å²) in [6.45, 7) is 5.21. The van der Waals surface area contributed by atoms with Gasteiger partial charge in [0.15, 0.2) is 4.90 Å². The minimum absolute atomic E-state index is 0.229. The predicted octanol–water partition coefficient (Wildman–Crippen LogP) is 3.41. The molecule has 5 nitrogen and oxygen atoms in total. The van der Waals surface area contributed by atoms with Gasteiger partial charge in [-0.2, -0.15) is 0 Å². The van der Waals surface area contributed by atoms with Gasteiger partial charge in [0.05, 0.1) is 6.10 Å². The zero-order valence-electron chi connectivity index (χ0n) is 14.2. The van der Waals surface area contributed by atoms with Gasteiger partial charge in [0, 0.05) is 10.9 Å². The van der Waals surface area contributed by atoms with Crippen molar-refractivity contribution in [3.05, 3.63) is 72.8 Å². The molecule has 1 N–H and O–H groups in total. The van der Waals surface area contributed by atoms with Crippen molar-refractivity contribution < 1.29 is 22.3 Å². The molecule has 2 unspecified atom stereocenters. The monoisotopic (exact) mass is 382 g/mol. The van der Waals surface area contributed by atoms with Gasteiger partial charge in [-0.1, -0.05) is 36.9 Å². The number of benzene rings is 2. The molecule has 136 valence electrons.